The van der Waals surface area contributed by atoms with Crippen molar-refractivity contribution < 1.29 is 28.6 Å². The van der Waals surface area contributed by atoms with Crippen molar-refractivity contribution in [2.24, 2.45) is 0 Å². The topological polar surface area (TPSA) is 82.1 Å². The molecule has 0 bridgehead atoms. The van der Waals surface area contributed by atoms with Gasteiger partial charge >= 0.3 is 17.9 Å². The van der Waals surface area contributed by atoms with Gasteiger partial charge in [0.05, 0.1) is 0 Å². The van der Waals surface area contributed by atoms with E-state index in [1.807, 2.05) is 13.8 Å². The maximum atomic E-state index is 12.6. The molecule has 2 aromatic carbocycles. The monoisotopic (exact) mass is 399 g/mol. The van der Waals surface area contributed by atoms with Crippen molar-refractivity contribution in [1.29, 1.82) is 0 Å². The molecule has 0 aromatic heterocycles. The number of hydrogen-bond acceptors (Lipinski definition) is 7. The Morgan fingerprint density at radius 1 is 0.793 bits per heavy atom. The summed E-state index contributed by atoms with van der Waals surface area (Å²) in [5.41, 5.74) is 0.220. The van der Waals surface area contributed by atoms with Gasteiger partial charge in [-0.1, -0.05) is 38.1 Å². The number of nitrogens with zero attached hydrogens (tertiary/aromatic N) is 1. The molecule has 0 radical (unpaired) electrons. The van der Waals surface area contributed by atoms with Crippen LogP contribution in [0.5, 0.6) is 11.5 Å². The summed E-state index contributed by atoms with van der Waals surface area (Å²) in [6.07, 6.45) is 0. The van der Waals surface area contributed by atoms with Crippen molar-refractivity contribution in [3.8, 4) is 11.5 Å². The number of esters is 3. The van der Waals surface area contributed by atoms with Crippen LogP contribution in [0.1, 0.15) is 41.5 Å². The second kappa shape index (κ2) is 11.0. The van der Waals surface area contributed by atoms with Crippen LogP contribution in [0.25, 0.3) is 0 Å². The Labute approximate surface area is 170 Å². The molecule has 154 valence electrons. The molecule has 0 atom stereocenters. The molecule has 0 unspecified atom stereocenters. The van der Waals surface area contributed by atoms with Gasteiger partial charge < -0.3 is 19.1 Å². The number of benzene rings is 2. The standard InChI is InChI=1S/C22H25NO6/c1-4-23(5-2)14-15-27-21(25)17-10-6-9-13-20(17)29-22(26)18-11-7-8-12-19(18)28-16(3)24/h6-13H,4-5,14-15H2,1-3H3. The van der Waals surface area contributed by atoms with Gasteiger partial charge in [0, 0.05) is 13.5 Å². The van der Waals surface area contributed by atoms with Crippen molar-refractivity contribution >= 4 is 17.9 Å². The zero-order valence-electron chi connectivity index (χ0n) is 16.8. The van der Waals surface area contributed by atoms with Crippen LogP contribution >= 0.6 is 0 Å². The van der Waals surface area contributed by atoms with Crippen LogP contribution in [0, 0.1) is 0 Å². The molecule has 0 saturated heterocycles. The van der Waals surface area contributed by atoms with E-state index in [0.29, 0.717) is 6.54 Å². The molecule has 0 aliphatic carbocycles. The predicted octanol–water partition coefficient (Wildman–Crippen LogP) is 3.33. The molecule has 0 saturated carbocycles. The molecule has 0 heterocycles. The van der Waals surface area contributed by atoms with E-state index < -0.39 is 17.9 Å². The van der Waals surface area contributed by atoms with Crippen LogP contribution in [0.15, 0.2) is 48.5 Å². The van der Waals surface area contributed by atoms with Gasteiger partial charge in [0.15, 0.2) is 0 Å². The summed E-state index contributed by atoms with van der Waals surface area (Å²) in [4.78, 5) is 38.4. The zero-order valence-corrected chi connectivity index (χ0v) is 16.8. The number of carbonyl (C=O) groups is 3. The molecule has 29 heavy (non-hydrogen) atoms. The molecule has 0 aliphatic heterocycles. The van der Waals surface area contributed by atoms with Crippen LogP contribution in [0.4, 0.5) is 0 Å². The van der Waals surface area contributed by atoms with Gasteiger partial charge in [-0.3, -0.25) is 4.79 Å². The SMILES string of the molecule is CCN(CC)CCOC(=O)c1ccccc1OC(=O)c1ccccc1OC(C)=O. The molecular weight excluding hydrogens is 374 g/mol. The Morgan fingerprint density at radius 3 is 1.86 bits per heavy atom. The second-order valence-electron chi connectivity index (χ2n) is 6.14. The van der Waals surface area contributed by atoms with Gasteiger partial charge in [0.25, 0.3) is 0 Å². The Hall–Kier alpha value is -3.19. The van der Waals surface area contributed by atoms with Crippen molar-refractivity contribution in [1.82, 2.24) is 4.90 Å². The number of rotatable bonds is 9. The van der Waals surface area contributed by atoms with Crippen molar-refractivity contribution in [3.63, 3.8) is 0 Å². The van der Waals surface area contributed by atoms with E-state index in [1.165, 1.54) is 31.2 Å². The maximum absolute atomic E-state index is 12.6. The van der Waals surface area contributed by atoms with Crippen LogP contribution < -0.4 is 9.47 Å². The van der Waals surface area contributed by atoms with Crippen molar-refractivity contribution in [3.05, 3.63) is 59.7 Å². The van der Waals surface area contributed by atoms with Gasteiger partial charge in [-0.25, -0.2) is 9.59 Å². The first kappa shape index (κ1) is 22.1. The molecule has 0 N–H and O–H groups in total. The number of hydrogen-bond donors (Lipinski definition) is 0. The third kappa shape index (κ3) is 6.43. The van der Waals surface area contributed by atoms with Crippen LogP contribution in [0.2, 0.25) is 0 Å². The van der Waals surface area contributed by atoms with E-state index in [4.69, 9.17) is 14.2 Å². The first-order valence-electron chi connectivity index (χ1n) is 9.44. The van der Waals surface area contributed by atoms with Crippen molar-refractivity contribution in [2.45, 2.75) is 20.8 Å². The Morgan fingerprint density at radius 2 is 1.31 bits per heavy atom. The molecule has 0 fully saturated rings. The highest BCUT2D eigenvalue weighted by atomic mass is 16.6. The lowest BCUT2D eigenvalue weighted by atomic mass is 10.2. The van der Waals surface area contributed by atoms with E-state index in [-0.39, 0.29) is 29.2 Å². The van der Waals surface area contributed by atoms with Gasteiger partial charge in [-0.15, -0.1) is 0 Å². The summed E-state index contributed by atoms with van der Waals surface area (Å²) < 4.78 is 15.8. The van der Waals surface area contributed by atoms with Gasteiger partial charge in [0.2, 0.25) is 0 Å². The molecule has 0 spiro atoms. The second-order valence-corrected chi connectivity index (χ2v) is 6.14. The van der Waals surface area contributed by atoms with E-state index in [1.54, 1.807) is 24.3 Å². The van der Waals surface area contributed by atoms with E-state index in [0.717, 1.165) is 13.1 Å². The normalized spacial score (nSPS) is 10.5. The third-order valence-corrected chi connectivity index (χ3v) is 4.21. The Balaban J connectivity index is 2.12. The molecule has 7 nitrogen and oxygen atoms in total. The minimum absolute atomic E-state index is 0.0722. The average Bonchev–Trinajstić information content (AvgIpc) is 2.71. The van der Waals surface area contributed by atoms with E-state index in [9.17, 15) is 14.4 Å². The number of carbonyl (C=O) groups excluding carboxylic acids is 3. The third-order valence-electron chi connectivity index (χ3n) is 4.21. The smallest absolute Gasteiger partial charge is 0.347 e. The molecule has 2 aromatic rings. The van der Waals surface area contributed by atoms with Crippen LogP contribution in [-0.2, 0) is 9.53 Å². The fraction of sp³-hybridized carbons (Fsp3) is 0.318. The van der Waals surface area contributed by atoms with Gasteiger partial charge in [-0.05, 0) is 37.4 Å². The first-order chi connectivity index (χ1) is 14.0. The number of ether oxygens (including phenoxy) is 3. The van der Waals surface area contributed by atoms with Crippen LogP contribution in [-0.4, -0.2) is 49.0 Å². The highest BCUT2D eigenvalue weighted by Gasteiger charge is 2.20. The molecular formula is C22H25NO6. The highest BCUT2D eigenvalue weighted by molar-refractivity contribution is 5.98. The summed E-state index contributed by atoms with van der Waals surface area (Å²) in [7, 11) is 0. The summed E-state index contributed by atoms with van der Waals surface area (Å²) in [5.74, 6) is -1.71. The molecule has 7 heteroatoms. The minimum atomic E-state index is -0.745. The zero-order chi connectivity index (χ0) is 21.2. The Kier molecular flexibility index (Phi) is 8.36. The predicted molar refractivity (Wildman–Crippen MR) is 107 cm³/mol. The maximum Gasteiger partial charge on any atom is 0.347 e. The lowest BCUT2D eigenvalue weighted by Crippen LogP contribution is -2.28. The molecule has 0 aliphatic rings. The van der Waals surface area contributed by atoms with Gasteiger partial charge in [-0.2, -0.15) is 0 Å². The summed E-state index contributed by atoms with van der Waals surface area (Å²) in [6.45, 7) is 7.90. The van der Waals surface area contributed by atoms with E-state index >= 15 is 0 Å². The van der Waals surface area contributed by atoms with E-state index in [2.05, 4.69) is 4.90 Å². The average molecular weight is 399 g/mol. The molecule has 2 rings (SSSR count). The fourth-order valence-corrected chi connectivity index (χ4v) is 2.64. The highest BCUT2D eigenvalue weighted by Crippen LogP contribution is 2.24. The lowest BCUT2D eigenvalue weighted by molar-refractivity contribution is -0.131. The Bertz CT molecular complexity index is 860. The largest absolute Gasteiger partial charge is 0.461 e. The number of likely N-dealkylation sites (N-methyl/N-ethyl adjacent to an activating group) is 1. The van der Waals surface area contributed by atoms with Crippen LogP contribution in [0.3, 0.4) is 0 Å². The van der Waals surface area contributed by atoms with Crippen molar-refractivity contribution in [2.75, 3.05) is 26.2 Å². The minimum Gasteiger partial charge on any atom is -0.461 e. The first-order valence-corrected chi connectivity index (χ1v) is 9.44. The molecule has 0 amide bonds. The summed E-state index contributed by atoms with van der Waals surface area (Å²) in [5, 5.41) is 0. The number of para-hydroxylation sites is 2. The quantitative estimate of drug-likeness (QED) is 0.472. The lowest BCUT2D eigenvalue weighted by Gasteiger charge is -2.17. The summed E-state index contributed by atoms with van der Waals surface area (Å²) >= 11 is 0. The van der Waals surface area contributed by atoms with Gasteiger partial charge in [0.1, 0.15) is 29.2 Å². The fourth-order valence-electron chi connectivity index (χ4n) is 2.64. The summed E-state index contributed by atoms with van der Waals surface area (Å²) in [6, 6.07) is 12.6.